The number of ether oxygens (including phenoxy) is 1. The minimum atomic E-state index is -0.233. The van der Waals surface area contributed by atoms with Gasteiger partial charge in [0.2, 0.25) is 0 Å². The van der Waals surface area contributed by atoms with E-state index in [4.69, 9.17) is 4.74 Å². The first kappa shape index (κ1) is 12.8. The summed E-state index contributed by atoms with van der Waals surface area (Å²) in [6.45, 7) is 1.77. The SMILES string of the molecule is CCC(=O)Oc1ccc(-c2ccccc2)cc1Br. The highest BCUT2D eigenvalue weighted by Crippen LogP contribution is 2.30. The molecule has 0 aliphatic carbocycles. The van der Waals surface area contributed by atoms with Crippen molar-refractivity contribution in [2.24, 2.45) is 0 Å². The fourth-order valence-electron chi connectivity index (χ4n) is 1.59. The van der Waals surface area contributed by atoms with E-state index in [1.54, 1.807) is 13.0 Å². The van der Waals surface area contributed by atoms with Crippen molar-refractivity contribution < 1.29 is 9.53 Å². The van der Waals surface area contributed by atoms with Gasteiger partial charge in [0.15, 0.2) is 0 Å². The summed E-state index contributed by atoms with van der Waals surface area (Å²) >= 11 is 3.42. The minimum Gasteiger partial charge on any atom is -0.425 e. The van der Waals surface area contributed by atoms with Crippen LogP contribution in [0.2, 0.25) is 0 Å². The number of hydrogen-bond donors (Lipinski definition) is 0. The molecule has 0 bridgehead atoms. The van der Waals surface area contributed by atoms with Crippen LogP contribution in [0.4, 0.5) is 0 Å². The molecule has 2 nitrogen and oxygen atoms in total. The summed E-state index contributed by atoms with van der Waals surface area (Å²) in [6.07, 6.45) is 0.368. The summed E-state index contributed by atoms with van der Waals surface area (Å²) in [7, 11) is 0. The smallest absolute Gasteiger partial charge is 0.310 e. The third-order valence-electron chi connectivity index (χ3n) is 2.55. The molecule has 0 aliphatic rings. The highest BCUT2D eigenvalue weighted by atomic mass is 79.9. The van der Waals surface area contributed by atoms with Crippen LogP contribution in [0.15, 0.2) is 53.0 Å². The zero-order valence-electron chi connectivity index (χ0n) is 10.0. The van der Waals surface area contributed by atoms with Gasteiger partial charge in [0, 0.05) is 6.42 Å². The lowest BCUT2D eigenvalue weighted by atomic mass is 10.1. The molecule has 0 atom stereocenters. The zero-order valence-corrected chi connectivity index (χ0v) is 11.6. The Morgan fingerprint density at radius 2 is 1.83 bits per heavy atom. The fraction of sp³-hybridized carbons (Fsp3) is 0.133. The van der Waals surface area contributed by atoms with Crippen molar-refractivity contribution in [1.29, 1.82) is 0 Å². The molecule has 0 saturated carbocycles. The van der Waals surface area contributed by atoms with Crippen LogP contribution in [0.3, 0.4) is 0 Å². The van der Waals surface area contributed by atoms with Crippen molar-refractivity contribution in [3.8, 4) is 16.9 Å². The van der Waals surface area contributed by atoms with Gasteiger partial charge >= 0.3 is 5.97 Å². The second-order valence-electron chi connectivity index (χ2n) is 3.84. The summed E-state index contributed by atoms with van der Waals surface area (Å²) in [5.74, 6) is 0.324. The number of benzene rings is 2. The highest BCUT2D eigenvalue weighted by Gasteiger charge is 2.07. The first-order valence-electron chi connectivity index (χ1n) is 5.76. The third-order valence-corrected chi connectivity index (χ3v) is 3.17. The molecule has 0 fully saturated rings. The first-order chi connectivity index (χ1) is 8.70. The monoisotopic (exact) mass is 304 g/mol. The van der Waals surface area contributed by atoms with Gasteiger partial charge in [0.25, 0.3) is 0 Å². The maximum Gasteiger partial charge on any atom is 0.310 e. The molecule has 0 aliphatic heterocycles. The Morgan fingerprint density at radius 1 is 1.11 bits per heavy atom. The topological polar surface area (TPSA) is 26.3 Å². The Hall–Kier alpha value is -1.61. The molecule has 3 heteroatoms. The summed E-state index contributed by atoms with van der Waals surface area (Å²) in [4.78, 5) is 11.2. The number of carbonyl (C=O) groups is 1. The molecule has 92 valence electrons. The first-order valence-corrected chi connectivity index (χ1v) is 6.55. The van der Waals surface area contributed by atoms with Crippen molar-refractivity contribution >= 4 is 21.9 Å². The van der Waals surface area contributed by atoms with Gasteiger partial charge in [0.05, 0.1) is 4.47 Å². The molecule has 2 rings (SSSR count). The van der Waals surface area contributed by atoms with Crippen molar-refractivity contribution in [2.75, 3.05) is 0 Å². The van der Waals surface area contributed by atoms with Crippen molar-refractivity contribution in [2.45, 2.75) is 13.3 Å². The van der Waals surface area contributed by atoms with Crippen molar-refractivity contribution in [3.63, 3.8) is 0 Å². The quantitative estimate of drug-likeness (QED) is 0.619. The van der Waals surface area contributed by atoms with E-state index in [-0.39, 0.29) is 5.97 Å². The van der Waals surface area contributed by atoms with E-state index >= 15 is 0 Å². The summed E-state index contributed by atoms with van der Waals surface area (Å²) in [5.41, 5.74) is 2.21. The van der Waals surface area contributed by atoms with Crippen molar-refractivity contribution in [3.05, 3.63) is 53.0 Å². The van der Waals surface area contributed by atoms with E-state index < -0.39 is 0 Å². The Labute approximate surface area is 115 Å². The average molecular weight is 305 g/mol. The Balaban J connectivity index is 2.28. The van der Waals surface area contributed by atoms with Gasteiger partial charge in [-0.2, -0.15) is 0 Å². The predicted molar refractivity (Wildman–Crippen MR) is 75.5 cm³/mol. The van der Waals surface area contributed by atoms with Crippen LogP contribution in [0.1, 0.15) is 13.3 Å². The zero-order chi connectivity index (χ0) is 13.0. The van der Waals surface area contributed by atoms with Gasteiger partial charge in [0.1, 0.15) is 5.75 Å². The lowest BCUT2D eigenvalue weighted by Gasteiger charge is -2.07. The molecular weight excluding hydrogens is 292 g/mol. The minimum absolute atomic E-state index is 0.233. The fourth-order valence-corrected chi connectivity index (χ4v) is 2.05. The molecule has 2 aromatic rings. The predicted octanol–water partition coefficient (Wildman–Crippen LogP) is 4.43. The van der Waals surface area contributed by atoms with Crippen LogP contribution < -0.4 is 4.74 Å². The molecule has 0 saturated heterocycles. The van der Waals surface area contributed by atoms with E-state index in [1.807, 2.05) is 42.5 Å². The maximum absolute atomic E-state index is 11.2. The molecule has 0 heterocycles. The van der Waals surface area contributed by atoms with Gasteiger partial charge in [-0.3, -0.25) is 4.79 Å². The van der Waals surface area contributed by atoms with Crippen LogP contribution in [0, 0.1) is 0 Å². The standard InChI is InChI=1S/C15H13BrO2/c1-2-15(17)18-14-9-8-12(10-13(14)16)11-6-4-3-5-7-11/h3-10H,2H2,1H3. The number of hydrogen-bond acceptors (Lipinski definition) is 2. The van der Waals surface area contributed by atoms with Crippen LogP contribution in [0.5, 0.6) is 5.75 Å². The van der Waals surface area contributed by atoms with Crippen LogP contribution in [0.25, 0.3) is 11.1 Å². The Morgan fingerprint density at radius 3 is 2.44 bits per heavy atom. The van der Waals surface area contributed by atoms with Gasteiger partial charge in [-0.25, -0.2) is 0 Å². The van der Waals surface area contributed by atoms with Gasteiger partial charge in [-0.15, -0.1) is 0 Å². The van der Waals surface area contributed by atoms with E-state index in [0.29, 0.717) is 12.2 Å². The van der Waals surface area contributed by atoms with Crippen LogP contribution in [-0.4, -0.2) is 5.97 Å². The normalized spacial score (nSPS) is 10.1. The van der Waals surface area contributed by atoms with Gasteiger partial charge in [-0.1, -0.05) is 43.3 Å². The molecule has 0 amide bonds. The number of rotatable bonds is 3. The van der Waals surface area contributed by atoms with E-state index in [9.17, 15) is 4.79 Å². The van der Waals surface area contributed by atoms with E-state index in [2.05, 4.69) is 15.9 Å². The largest absolute Gasteiger partial charge is 0.425 e. The second-order valence-corrected chi connectivity index (χ2v) is 4.69. The van der Waals surface area contributed by atoms with E-state index in [1.165, 1.54) is 0 Å². The summed E-state index contributed by atoms with van der Waals surface area (Å²) < 4.78 is 5.98. The molecule has 0 spiro atoms. The Bertz CT molecular complexity index is 550. The van der Waals surface area contributed by atoms with E-state index in [0.717, 1.165) is 15.6 Å². The van der Waals surface area contributed by atoms with Gasteiger partial charge < -0.3 is 4.74 Å². The highest BCUT2D eigenvalue weighted by molar-refractivity contribution is 9.10. The molecule has 0 radical (unpaired) electrons. The van der Waals surface area contributed by atoms with Crippen LogP contribution in [-0.2, 0) is 4.79 Å². The molecule has 2 aromatic carbocycles. The number of carbonyl (C=O) groups excluding carboxylic acids is 1. The summed E-state index contributed by atoms with van der Waals surface area (Å²) in [5, 5.41) is 0. The Kier molecular flexibility index (Phi) is 4.15. The molecule has 18 heavy (non-hydrogen) atoms. The molecule has 0 unspecified atom stereocenters. The summed E-state index contributed by atoms with van der Waals surface area (Å²) in [6, 6.07) is 15.8. The average Bonchev–Trinajstić information content (AvgIpc) is 2.42. The lowest BCUT2D eigenvalue weighted by Crippen LogP contribution is -2.05. The second kappa shape index (κ2) is 5.83. The number of esters is 1. The molecule has 0 N–H and O–H groups in total. The number of halogens is 1. The molecule has 0 aromatic heterocycles. The molecular formula is C15H13BrO2. The lowest BCUT2D eigenvalue weighted by molar-refractivity contribution is -0.134. The van der Waals surface area contributed by atoms with Crippen LogP contribution >= 0.6 is 15.9 Å². The van der Waals surface area contributed by atoms with Gasteiger partial charge in [-0.05, 0) is 39.2 Å². The van der Waals surface area contributed by atoms with Crippen molar-refractivity contribution in [1.82, 2.24) is 0 Å². The maximum atomic E-state index is 11.2. The third kappa shape index (κ3) is 2.99.